The Hall–Kier alpha value is -1.31. The lowest BCUT2D eigenvalue weighted by Gasteiger charge is -2.36. The third kappa shape index (κ3) is 8.76. The summed E-state index contributed by atoms with van der Waals surface area (Å²) in [5.41, 5.74) is 1.22. The number of hydrogen-bond donors (Lipinski definition) is 0. The molecule has 0 spiro atoms. The van der Waals surface area contributed by atoms with E-state index in [0.717, 1.165) is 31.1 Å². The van der Waals surface area contributed by atoms with E-state index in [1.165, 1.54) is 89.0 Å². The van der Waals surface area contributed by atoms with Crippen LogP contribution in [0.25, 0.3) is 0 Å². The predicted molar refractivity (Wildman–Crippen MR) is 139 cm³/mol. The van der Waals surface area contributed by atoms with Gasteiger partial charge in [-0.2, -0.15) is 0 Å². The smallest absolute Gasteiger partial charge is 0.165 e. The molecule has 2 atom stereocenters. The van der Waals surface area contributed by atoms with E-state index in [9.17, 15) is 4.39 Å². The Morgan fingerprint density at radius 3 is 2.36 bits per heavy atom. The number of unbranched alkanes of at least 4 members (excludes halogenated alkanes) is 5. The Morgan fingerprint density at radius 1 is 0.879 bits per heavy atom. The molecule has 3 rings (SSSR count). The molecule has 0 aromatic heterocycles. The van der Waals surface area contributed by atoms with Crippen LogP contribution in [-0.4, -0.2) is 6.61 Å². The molecule has 2 aliphatic carbocycles. The van der Waals surface area contributed by atoms with Crippen LogP contribution < -0.4 is 4.74 Å². The van der Waals surface area contributed by atoms with Crippen molar-refractivity contribution in [3.05, 3.63) is 41.7 Å². The third-order valence-corrected chi connectivity index (χ3v) is 8.28. The van der Waals surface area contributed by atoms with Crippen molar-refractivity contribution in [3.8, 4) is 5.75 Å². The van der Waals surface area contributed by atoms with E-state index < -0.39 is 0 Å². The summed E-state index contributed by atoms with van der Waals surface area (Å²) in [6.45, 7) is 5.09. The molecule has 33 heavy (non-hydrogen) atoms. The minimum absolute atomic E-state index is 0.165. The molecular formula is C31H49FO. The summed E-state index contributed by atoms with van der Waals surface area (Å²) in [7, 11) is 0. The zero-order valence-corrected chi connectivity index (χ0v) is 21.5. The molecule has 0 saturated heterocycles. The summed E-state index contributed by atoms with van der Waals surface area (Å²) in [5.74, 6) is 3.14. The average Bonchev–Trinajstić information content (AvgIpc) is 2.85. The average molecular weight is 457 g/mol. The highest BCUT2D eigenvalue weighted by atomic mass is 19.1. The van der Waals surface area contributed by atoms with Crippen LogP contribution in [0, 0.1) is 23.6 Å². The number of ether oxygens (including phenoxy) is 1. The van der Waals surface area contributed by atoms with Crippen molar-refractivity contribution in [1.29, 1.82) is 0 Å². The highest BCUT2D eigenvalue weighted by Crippen LogP contribution is 2.44. The maximum absolute atomic E-state index is 15.0. The van der Waals surface area contributed by atoms with Gasteiger partial charge in [-0.3, -0.25) is 0 Å². The Kier molecular flexibility index (Phi) is 11.8. The van der Waals surface area contributed by atoms with Gasteiger partial charge in [0.2, 0.25) is 0 Å². The fourth-order valence-corrected chi connectivity index (χ4v) is 6.17. The van der Waals surface area contributed by atoms with Gasteiger partial charge in [-0.25, -0.2) is 4.39 Å². The van der Waals surface area contributed by atoms with E-state index in [1.54, 1.807) is 0 Å². The molecule has 0 aliphatic heterocycles. The number of allylic oxidation sites excluding steroid dienone is 2. The van der Waals surface area contributed by atoms with Crippen LogP contribution in [0.1, 0.15) is 128 Å². The van der Waals surface area contributed by atoms with E-state index >= 15 is 0 Å². The normalized spacial score (nSPS) is 24.0. The van der Waals surface area contributed by atoms with Gasteiger partial charge >= 0.3 is 0 Å². The maximum atomic E-state index is 15.0. The molecule has 0 heterocycles. The number of rotatable bonds is 14. The van der Waals surface area contributed by atoms with Crippen LogP contribution in [0.5, 0.6) is 5.75 Å². The van der Waals surface area contributed by atoms with Gasteiger partial charge in [0.15, 0.2) is 11.6 Å². The molecule has 1 saturated carbocycles. The van der Waals surface area contributed by atoms with Gasteiger partial charge < -0.3 is 4.74 Å². The summed E-state index contributed by atoms with van der Waals surface area (Å²) in [6.07, 6.45) is 25.2. The monoisotopic (exact) mass is 456 g/mol. The highest BCUT2D eigenvalue weighted by Gasteiger charge is 2.31. The summed E-state index contributed by atoms with van der Waals surface area (Å²) in [4.78, 5) is 0. The van der Waals surface area contributed by atoms with E-state index in [4.69, 9.17) is 4.74 Å². The molecule has 1 fully saturated rings. The Labute approximate surface area is 203 Å². The lowest BCUT2D eigenvalue weighted by molar-refractivity contribution is 0.209. The van der Waals surface area contributed by atoms with Crippen LogP contribution in [0.15, 0.2) is 30.4 Å². The zero-order valence-electron chi connectivity index (χ0n) is 21.5. The molecule has 0 N–H and O–H groups in total. The van der Waals surface area contributed by atoms with Crippen molar-refractivity contribution in [2.45, 2.75) is 122 Å². The minimum Gasteiger partial charge on any atom is -0.491 e. The molecule has 2 heteroatoms. The predicted octanol–water partition coefficient (Wildman–Crippen LogP) is 10.0. The van der Waals surface area contributed by atoms with Gasteiger partial charge in [0.1, 0.15) is 0 Å². The van der Waals surface area contributed by atoms with Crippen molar-refractivity contribution in [2.75, 3.05) is 6.61 Å². The quantitative estimate of drug-likeness (QED) is 0.200. The second-order valence-electron chi connectivity index (χ2n) is 10.9. The Balaban J connectivity index is 1.62. The van der Waals surface area contributed by atoms with Gasteiger partial charge in [-0.05, 0) is 86.3 Å². The second-order valence-corrected chi connectivity index (χ2v) is 10.9. The fraction of sp³-hybridized carbons (Fsp3) is 0.742. The van der Waals surface area contributed by atoms with E-state index in [0.29, 0.717) is 24.2 Å². The van der Waals surface area contributed by atoms with E-state index in [1.807, 2.05) is 12.1 Å². The molecule has 2 unspecified atom stereocenters. The van der Waals surface area contributed by atoms with E-state index in [-0.39, 0.29) is 5.82 Å². The molecule has 1 aromatic rings. The third-order valence-electron chi connectivity index (χ3n) is 8.28. The van der Waals surface area contributed by atoms with Crippen LogP contribution >= 0.6 is 0 Å². The minimum atomic E-state index is -0.165. The van der Waals surface area contributed by atoms with Gasteiger partial charge in [-0.15, -0.1) is 0 Å². The molecule has 1 nitrogen and oxygen atoms in total. The zero-order chi connectivity index (χ0) is 23.3. The Morgan fingerprint density at radius 2 is 1.67 bits per heavy atom. The van der Waals surface area contributed by atoms with Crippen LogP contribution in [0.2, 0.25) is 0 Å². The van der Waals surface area contributed by atoms with Crippen molar-refractivity contribution < 1.29 is 9.13 Å². The lowest BCUT2D eigenvalue weighted by Crippen LogP contribution is -2.23. The molecule has 0 amide bonds. The summed E-state index contributed by atoms with van der Waals surface area (Å²) >= 11 is 0. The largest absolute Gasteiger partial charge is 0.491 e. The van der Waals surface area contributed by atoms with Crippen LogP contribution in [-0.2, 0) is 0 Å². The van der Waals surface area contributed by atoms with Crippen molar-refractivity contribution >= 4 is 0 Å². The molecule has 0 bridgehead atoms. The molecule has 1 aromatic carbocycles. The van der Waals surface area contributed by atoms with Gasteiger partial charge in [0.05, 0.1) is 6.61 Å². The summed E-state index contributed by atoms with van der Waals surface area (Å²) in [5, 5.41) is 0. The van der Waals surface area contributed by atoms with Crippen molar-refractivity contribution in [1.82, 2.24) is 0 Å². The first-order valence-corrected chi connectivity index (χ1v) is 14.3. The summed E-state index contributed by atoms with van der Waals surface area (Å²) < 4.78 is 20.7. The first-order chi connectivity index (χ1) is 16.2. The second kappa shape index (κ2) is 14.8. The Bertz CT molecular complexity index is 688. The van der Waals surface area contributed by atoms with Gasteiger partial charge in [0, 0.05) is 0 Å². The first-order valence-electron chi connectivity index (χ1n) is 14.3. The van der Waals surface area contributed by atoms with Gasteiger partial charge in [-0.1, -0.05) is 89.9 Å². The summed E-state index contributed by atoms with van der Waals surface area (Å²) in [6, 6.07) is 5.90. The molecule has 186 valence electrons. The maximum Gasteiger partial charge on any atom is 0.165 e. The number of halogens is 1. The number of hydrogen-bond acceptors (Lipinski definition) is 1. The molecule has 0 radical (unpaired) electrons. The fourth-order valence-electron chi connectivity index (χ4n) is 6.17. The van der Waals surface area contributed by atoms with Crippen molar-refractivity contribution in [2.24, 2.45) is 17.8 Å². The van der Waals surface area contributed by atoms with Crippen LogP contribution in [0.3, 0.4) is 0 Å². The van der Waals surface area contributed by atoms with Gasteiger partial charge in [0.25, 0.3) is 0 Å². The standard InChI is InChI=1S/C31H49FO/c1-3-5-7-9-13-25-16-18-27(19-17-25)29(23-26-14-10-8-11-15-26)28-20-21-31(30(32)24-28)33-22-12-6-4-2/h8,10,20-21,24-27,29H,3-7,9,11-19,22-23H2,1-2H3. The lowest BCUT2D eigenvalue weighted by atomic mass is 9.69. The van der Waals surface area contributed by atoms with E-state index in [2.05, 4.69) is 32.1 Å². The molecular weight excluding hydrogens is 407 g/mol. The van der Waals surface area contributed by atoms with Crippen molar-refractivity contribution in [3.63, 3.8) is 0 Å². The van der Waals surface area contributed by atoms with Crippen LogP contribution in [0.4, 0.5) is 4.39 Å². The number of benzene rings is 1. The molecule has 2 aliphatic rings. The SMILES string of the molecule is CCCCCCC1CCC(C(CC2CC=CCC2)c2ccc(OCCCCC)c(F)c2)CC1. The highest BCUT2D eigenvalue weighted by molar-refractivity contribution is 5.32. The first kappa shape index (κ1) is 26.3. The topological polar surface area (TPSA) is 9.23 Å².